The molecule has 2 rings (SSSR count). The van der Waals surface area contributed by atoms with Crippen molar-refractivity contribution in [3.05, 3.63) is 35.9 Å². The van der Waals surface area contributed by atoms with E-state index in [1.807, 2.05) is 30.3 Å². The Hall–Kier alpha value is -1.10. The minimum atomic E-state index is -0.969. The van der Waals surface area contributed by atoms with Gasteiger partial charge in [0.1, 0.15) is 24.4 Å². The first kappa shape index (κ1) is 36.1. The number of ether oxygens (including phenoxy) is 5. The fraction of sp³-hybridized carbons (Fsp3) is 0.818. The van der Waals surface area contributed by atoms with Gasteiger partial charge < -0.3 is 40.3 Å². The number of unbranched alkanes of at least 4 members (excludes halogenated alkanes) is 13. The van der Waals surface area contributed by atoms with Crippen LogP contribution in [-0.4, -0.2) is 75.3 Å². The molecule has 8 nitrogen and oxygen atoms in total. The molecule has 238 valence electrons. The molecule has 0 amide bonds. The van der Waals surface area contributed by atoms with Crippen molar-refractivity contribution in [3.8, 4) is 0 Å². The maximum atomic E-state index is 10.8. The van der Waals surface area contributed by atoms with Crippen LogP contribution in [0, 0.1) is 0 Å². The fourth-order valence-electron chi connectivity index (χ4n) is 5.25. The predicted octanol–water partition coefficient (Wildman–Crippen LogP) is 5.47. The maximum Gasteiger partial charge on any atom is 0.175 e. The second kappa shape index (κ2) is 23.4. The molecule has 1 aliphatic heterocycles. The van der Waals surface area contributed by atoms with Gasteiger partial charge in [0.25, 0.3) is 0 Å². The first-order chi connectivity index (χ1) is 20.1. The van der Waals surface area contributed by atoms with Crippen LogP contribution in [0.25, 0.3) is 0 Å². The van der Waals surface area contributed by atoms with Crippen molar-refractivity contribution in [2.45, 2.75) is 140 Å². The number of hydrogen-bond acceptors (Lipinski definition) is 8. The highest BCUT2D eigenvalue weighted by Gasteiger charge is 2.44. The third-order valence-corrected chi connectivity index (χ3v) is 7.96. The Morgan fingerprint density at radius 2 is 1.41 bits per heavy atom. The van der Waals surface area contributed by atoms with Crippen molar-refractivity contribution in [1.29, 1.82) is 0 Å². The zero-order valence-corrected chi connectivity index (χ0v) is 25.9. The second-order valence-corrected chi connectivity index (χ2v) is 11.5. The molecular weight excluding hydrogens is 520 g/mol. The van der Waals surface area contributed by atoms with Crippen molar-refractivity contribution in [3.63, 3.8) is 0 Å². The van der Waals surface area contributed by atoms with Gasteiger partial charge >= 0.3 is 0 Å². The summed E-state index contributed by atoms with van der Waals surface area (Å²) in [4.78, 5) is 0. The summed E-state index contributed by atoms with van der Waals surface area (Å²) >= 11 is 0. The first-order valence-corrected chi connectivity index (χ1v) is 16.3. The molecule has 1 aromatic carbocycles. The van der Waals surface area contributed by atoms with Crippen molar-refractivity contribution in [2.75, 3.05) is 33.5 Å². The number of rotatable bonds is 25. The molecule has 0 unspecified atom stereocenters. The van der Waals surface area contributed by atoms with Crippen LogP contribution < -0.4 is 11.5 Å². The Kier molecular flexibility index (Phi) is 20.6. The third-order valence-electron chi connectivity index (χ3n) is 7.96. The molecule has 1 saturated heterocycles. The van der Waals surface area contributed by atoms with Crippen molar-refractivity contribution in [1.82, 2.24) is 0 Å². The van der Waals surface area contributed by atoms with Gasteiger partial charge in [-0.05, 0) is 12.0 Å². The maximum absolute atomic E-state index is 10.8. The summed E-state index contributed by atoms with van der Waals surface area (Å²) in [5, 5.41) is 10.8. The molecule has 1 aliphatic rings. The van der Waals surface area contributed by atoms with Crippen LogP contribution in [0.4, 0.5) is 0 Å². The van der Waals surface area contributed by atoms with E-state index in [2.05, 4.69) is 6.92 Å². The quantitative estimate of drug-likeness (QED) is 0.130. The van der Waals surface area contributed by atoms with E-state index in [1.165, 1.54) is 83.5 Å². The normalized spacial score (nSPS) is 23.6. The van der Waals surface area contributed by atoms with E-state index in [0.717, 1.165) is 12.0 Å². The average Bonchev–Trinajstić information content (AvgIpc) is 3.00. The molecule has 0 aromatic heterocycles. The molecule has 1 fully saturated rings. The van der Waals surface area contributed by atoms with Crippen LogP contribution >= 0.6 is 0 Å². The second-order valence-electron chi connectivity index (χ2n) is 11.5. The van der Waals surface area contributed by atoms with E-state index >= 15 is 0 Å². The lowest BCUT2D eigenvalue weighted by Crippen LogP contribution is -2.64. The molecule has 1 heterocycles. The highest BCUT2D eigenvalue weighted by atomic mass is 16.7. The van der Waals surface area contributed by atoms with Crippen LogP contribution in [0.2, 0.25) is 0 Å². The van der Waals surface area contributed by atoms with Crippen molar-refractivity contribution >= 4 is 0 Å². The highest BCUT2D eigenvalue weighted by Crippen LogP contribution is 2.24. The summed E-state index contributed by atoms with van der Waals surface area (Å²) in [5.74, 6) is 0. The van der Waals surface area contributed by atoms with Gasteiger partial charge in [-0.2, -0.15) is 0 Å². The van der Waals surface area contributed by atoms with Gasteiger partial charge in [-0.3, -0.25) is 0 Å². The number of aliphatic hydroxyl groups excluding tert-OH is 1. The van der Waals surface area contributed by atoms with Gasteiger partial charge in [0.05, 0.1) is 25.9 Å². The highest BCUT2D eigenvalue weighted by molar-refractivity contribution is 5.13. The lowest BCUT2D eigenvalue weighted by molar-refractivity contribution is -0.273. The van der Waals surface area contributed by atoms with E-state index in [9.17, 15) is 5.11 Å². The summed E-state index contributed by atoms with van der Waals surface area (Å²) in [5.41, 5.74) is 13.2. The van der Waals surface area contributed by atoms with E-state index in [-0.39, 0.29) is 19.3 Å². The Morgan fingerprint density at radius 3 is 1.98 bits per heavy atom. The van der Waals surface area contributed by atoms with Crippen LogP contribution in [0.5, 0.6) is 0 Å². The minimum Gasteiger partial charge on any atom is -0.388 e. The van der Waals surface area contributed by atoms with E-state index < -0.39 is 30.6 Å². The molecule has 0 radical (unpaired) electrons. The molecule has 6 atom stereocenters. The van der Waals surface area contributed by atoms with Crippen LogP contribution in [-0.2, 0) is 30.3 Å². The predicted molar refractivity (Wildman–Crippen MR) is 165 cm³/mol. The minimum absolute atomic E-state index is 0.180. The summed E-state index contributed by atoms with van der Waals surface area (Å²) in [7, 11) is 1.64. The number of aliphatic hydroxyl groups is 1. The number of hydrogen-bond donors (Lipinski definition) is 3. The largest absolute Gasteiger partial charge is 0.388 e. The van der Waals surface area contributed by atoms with Crippen LogP contribution in [0.3, 0.4) is 0 Å². The lowest BCUT2D eigenvalue weighted by atomic mass is 9.97. The van der Waals surface area contributed by atoms with Gasteiger partial charge in [-0.15, -0.1) is 0 Å². The molecule has 0 saturated carbocycles. The zero-order chi connectivity index (χ0) is 29.5. The number of nitrogens with two attached hydrogens (primary N) is 2. The Labute approximate surface area is 249 Å². The molecule has 0 spiro atoms. The topological polar surface area (TPSA) is 118 Å². The van der Waals surface area contributed by atoms with E-state index in [4.69, 9.17) is 35.2 Å². The third kappa shape index (κ3) is 15.3. The van der Waals surface area contributed by atoms with E-state index in [0.29, 0.717) is 19.8 Å². The Bertz CT molecular complexity index is 725. The summed E-state index contributed by atoms with van der Waals surface area (Å²) in [6.07, 6.45) is 15.6. The molecule has 0 aliphatic carbocycles. The zero-order valence-electron chi connectivity index (χ0n) is 25.9. The fourth-order valence-corrected chi connectivity index (χ4v) is 5.25. The molecule has 1 aromatic rings. The molecule has 41 heavy (non-hydrogen) atoms. The standard InChI is InChI=1S/C33H60N2O6/c1-3-4-5-6-7-8-9-10-11-12-13-14-15-19-22-38-25-28(37-2)26-40-33-30(35)31(36)32(29(23-34)41-33)39-24-27-20-17-16-18-21-27/h16-18,20-21,28-33,36H,3-15,19,22-26,34-35H2,1-2H3/t28-,29+,30+,31+,32+,33-/m1/s1. The Balaban J connectivity index is 1.51. The summed E-state index contributed by atoms with van der Waals surface area (Å²) in [6, 6.07) is 8.99. The number of methoxy groups -OCH3 is 1. The molecular formula is C33H60N2O6. The van der Waals surface area contributed by atoms with Crippen molar-refractivity contribution < 1.29 is 28.8 Å². The number of benzene rings is 1. The first-order valence-electron chi connectivity index (χ1n) is 16.3. The SMILES string of the molecule is CCCCCCCCCCCCCCCCOC[C@H](CO[C@@H]1O[C@@H](CN)[C@H](OCc2ccccc2)[C@@H](O)[C@@H]1N)OC. The summed E-state index contributed by atoms with van der Waals surface area (Å²) < 4.78 is 29.2. The molecule has 8 heteroatoms. The molecule has 5 N–H and O–H groups in total. The smallest absolute Gasteiger partial charge is 0.175 e. The van der Waals surface area contributed by atoms with Gasteiger partial charge in [0.2, 0.25) is 0 Å². The van der Waals surface area contributed by atoms with Gasteiger partial charge in [0.15, 0.2) is 6.29 Å². The molecule has 0 bridgehead atoms. The van der Waals surface area contributed by atoms with E-state index in [1.54, 1.807) is 7.11 Å². The van der Waals surface area contributed by atoms with Gasteiger partial charge in [-0.1, -0.05) is 121 Å². The average molecular weight is 581 g/mol. The van der Waals surface area contributed by atoms with Gasteiger partial charge in [0, 0.05) is 20.3 Å². The summed E-state index contributed by atoms with van der Waals surface area (Å²) in [6.45, 7) is 4.18. The van der Waals surface area contributed by atoms with Crippen LogP contribution in [0.1, 0.15) is 102 Å². The lowest BCUT2D eigenvalue weighted by Gasteiger charge is -2.43. The van der Waals surface area contributed by atoms with Crippen molar-refractivity contribution in [2.24, 2.45) is 11.5 Å². The van der Waals surface area contributed by atoms with Gasteiger partial charge in [-0.25, -0.2) is 0 Å². The van der Waals surface area contributed by atoms with Crippen LogP contribution in [0.15, 0.2) is 30.3 Å². The Morgan fingerprint density at radius 1 is 0.829 bits per heavy atom. The monoisotopic (exact) mass is 580 g/mol.